The molecule has 6 nitrogen and oxygen atoms in total. The van der Waals surface area contributed by atoms with Crippen LogP contribution < -0.4 is 5.56 Å². The van der Waals surface area contributed by atoms with Gasteiger partial charge < -0.3 is 0 Å². The standard InChI is InChI=1S/C19H15N3O3S2/c23-18-17-16(10-11-26-17)20-19(27-12-13-4-2-1-3-5-13)21(18)14-6-8-15(9-7-14)22(24)25/h1-9H,10-12H2. The Labute approximate surface area is 163 Å². The highest BCUT2D eigenvalue weighted by atomic mass is 32.2. The van der Waals surface area contributed by atoms with Crippen molar-refractivity contribution in [1.82, 2.24) is 9.55 Å². The molecule has 8 heteroatoms. The van der Waals surface area contributed by atoms with Gasteiger partial charge in [0.25, 0.3) is 11.2 Å². The van der Waals surface area contributed by atoms with Gasteiger partial charge in [-0.05, 0) is 17.7 Å². The number of thioether (sulfide) groups is 2. The van der Waals surface area contributed by atoms with Crippen molar-refractivity contribution in [2.75, 3.05) is 5.75 Å². The van der Waals surface area contributed by atoms with Crippen LogP contribution >= 0.6 is 23.5 Å². The van der Waals surface area contributed by atoms with Gasteiger partial charge in [0.1, 0.15) is 0 Å². The third kappa shape index (κ3) is 3.63. The second kappa shape index (κ2) is 7.58. The number of hydrogen-bond acceptors (Lipinski definition) is 6. The van der Waals surface area contributed by atoms with Crippen LogP contribution in [0.5, 0.6) is 0 Å². The fraction of sp³-hybridized carbons (Fsp3) is 0.158. The van der Waals surface area contributed by atoms with Crippen LogP contribution in [0.4, 0.5) is 5.69 Å². The third-order valence-electron chi connectivity index (χ3n) is 4.20. The zero-order valence-electron chi connectivity index (χ0n) is 14.2. The molecule has 1 aliphatic rings. The Morgan fingerprint density at radius 2 is 1.89 bits per heavy atom. The van der Waals surface area contributed by atoms with E-state index in [-0.39, 0.29) is 11.2 Å². The monoisotopic (exact) mass is 397 g/mol. The van der Waals surface area contributed by atoms with E-state index < -0.39 is 4.92 Å². The fourth-order valence-corrected chi connectivity index (χ4v) is 4.87. The molecule has 27 heavy (non-hydrogen) atoms. The molecule has 0 amide bonds. The predicted octanol–water partition coefficient (Wildman–Crippen LogP) is 4.08. The number of nitro groups is 1. The zero-order chi connectivity index (χ0) is 18.8. The van der Waals surface area contributed by atoms with E-state index in [0.717, 1.165) is 23.4 Å². The number of hydrogen-bond donors (Lipinski definition) is 0. The first-order valence-corrected chi connectivity index (χ1v) is 10.3. The Hall–Kier alpha value is -2.58. The molecule has 0 atom stereocenters. The summed E-state index contributed by atoms with van der Waals surface area (Å²) in [5.74, 6) is 1.54. The molecule has 1 aliphatic heterocycles. The maximum absolute atomic E-state index is 13.1. The van der Waals surface area contributed by atoms with Crippen molar-refractivity contribution in [3.05, 3.63) is 86.3 Å². The van der Waals surface area contributed by atoms with E-state index in [4.69, 9.17) is 4.98 Å². The van der Waals surface area contributed by atoms with Crippen LogP contribution in [0.3, 0.4) is 0 Å². The molecule has 0 fully saturated rings. The normalized spacial score (nSPS) is 12.7. The number of fused-ring (bicyclic) bond motifs is 1. The van der Waals surface area contributed by atoms with Gasteiger partial charge in [-0.15, -0.1) is 11.8 Å². The van der Waals surface area contributed by atoms with Crippen molar-refractivity contribution in [3.8, 4) is 5.69 Å². The molecule has 1 aromatic heterocycles. The quantitative estimate of drug-likeness (QED) is 0.279. The summed E-state index contributed by atoms with van der Waals surface area (Å²) in [6, 6.07) is 16.0. The van der Waals surface area contributed by atoms with Crippen LogP contribution in [0.25, 0.3) is 5.69 Å². The Bertz CT molecular complexity index is 1050. The SMILES string of the molecule is O=c1c2c(nc(SCc3ccccc3)n1-c1ccc([N+](=O)[O-])cc1)CCS2. The van der Waals surface area contributed by atoms with Crippen LogP contribution in [0.15, 0.2) is 69.4 Å². The first-order valence-electron chi connectivity index (χ1n) is 8.34. The van der Waals surface area contributed by atoms with Crippen molar-refractivity contribution in [1.29, 1.82) is 0 Å². The van der Waals surface area contributed by atoms with Gasteiger partial charge in [-0.1, -0.05) is 42.1 Å². The fourth-order valence-electron chi connectivity index (χ4n) is 2.86. The van der Waals surface area contributed by atoms with Gasteiger partial charge in [0.2, 0.25) is 0 Å². The molecule has 4 rings (SSSR count). The highest BCUT2D eigenvalue weighted by Gasteiger charge is 2.22. The Morgan fingerprint density at radius 1 is 1.15 bits per heavy atom. The summed E-state index contributed by atoms with van der Waals surface area (Å²) in [5.41, 5.74) is 2.46. The molecule has 0 saturated heterocycles. The van der Waals surface area contributed by atoms with Gasteiger partial charge >= 0.3 is 0 Å². The van der Waals surface area contributed by atoms with E-state index in [1.165, 1.54) is 35.7 Å². The van der Waals surface area contributed by atoms with Gasteiger partial charge in [-0.3, -0.25) is 19.5 Å². The minimum atomic E-state index is -0.450. The molecule has 2 aromatic carbocycles. The lowest BCUT2D eigenvalue weighted by molar-refractivity contribution is -0.384. The minimum absolute atomic E-state index is 0.00576. The Kier molecular flexibility index (Phi) is 5.00. The number of aromatic nitrogens is 2. The van der Waals surface area contributed by atoms with E-state index in [0.29, 0.717) is 21.5 Å². The second-order valence-corrected chi connectivity index (χ2v) is 8.00. The second-order valence-electron chi connectivity index (χ2n) is 5.96. The summed E-state index contributed by atoms with van der Waals surface area (Å²) in [6.45, 7) is 0. The average molecular weight is 397 g/mol. The largest absolute Gasteiger partial charge is 0.272 e. The predicted molar refractivity (Wildman–Crippen MR) is 107 cm³/mol. The molecule has 0 aliphatic carbocycles. The first-order chi connectivity index (χ1) is 13.1. The van der Waals surface area contributed by atoms with E-state index in [2.05, 4.69) is 0 Å². The topological polar surface area (TPSA) is 78.0 Å². The number of nitrogens with zero attached hydrogens (tertiary/aromatic N) is 3. The maximum Gasteiger partial charge on any atom is 0.272 e. The lowest BCUT2D eigenvalue weighted by atomic mass is 10.2. The highest BCUT2D eigenvalue weighted by Crippen LogP contribution is 2.31. The summed E-state index contributed by atoms with van der Waals surface area (Å²) in [5, 5.41) is 11.5. The van der Waals surface area contributed by atoms with E-state index >= 15 is 0 Å². The van der Waals surface area contributed by atoms with Crippen LogP contribution in [0, 0.1) is 10.1 Å². The Morgan fingerprint density at radius 3 is 2.59 bits per heavy atom. The Balaban J connectivity index is 1.76. The lowest BCUT2D eigenvalue weighted by Gasteiger charge is -2.13. The maximum atomic E-state index is 13.1. The highest BCUT2D eigenvalue weighted by molar-refractivity contribution is 7.99. The summed E-state index contributed by atoms with van der Waals surface area (Å²) in [4.78, 5) is 28.9. The minimum Gasteiger partial charge on any atom is -0.268 e. The summed E-state index contributed by atoms with van der Waals surface area (Å²) >= 11 is 3.02. The van der Waals surface area contributed by atoms with Gasteiger partial charge in [-0.2, -0.15) is 0 Å². The molecular formula is C19H15N3O3S2. The number of benzene rings is 2. The van der Waals surface area contributed by atoms with Crippen LogP contribution in [-0.2, 0) is 12.2 Å². The lowest BCUT2D eigenvalue weighted by Crippen LogP contribution is -2.23. The van der Waals surface area contributed by atoms with Crippen molar-refractivity contribution in [2.45, 2.75) is 22.2 Å². The molecule has 136 valence electrons. The molecule has 2 heterocycles. The van der Waals surface area contributed by atoms with Gasteiger partial charge in [0.05, 0.1) is 21.2 Å². The number of aryl methyl sites for hydroxylation is 1. The molecule has 0 spiro atoms. The summed E-state index contributed by atoms with van der Waals surface area (Å²) in [6.07, 6.45) is 0.787. The summed E-state index contributed by atoms with van der Waals surface area (Å²) in [7, 11) is 0. The first kappa shape index (κ1) is 17.8. The van der Waals surface area contributed by atoms with Gasteiger partial charge in [0, 0.05) is 30.1 Å². The van der Waals surface area contributed by atoms with E-state index in [1.807, 2.05) is 30.3 Å². The average Bonchev–Trinajstić information content (AvgIpc) is 3.16. The summed E-state index contributed by atoms with van der Waals surface area (Å²) < 4.78 is 1.56. The van der Waals surface area contributed by atoms with E-state index in [1.54, 1.807) is 16.7 Å². The molecule has 3 aromatic rings. The van der Waals surface area contributed by atoms with Gasteiger partial charge in [0.15, 0.2) is 5.16 Å². The zero-order valence-corrected chi connectivity index (χ0v) is 15.8. The van der Waals surface area contributed by atoms with Crippen LogP contribution in [-0.4, -0.2) is 20.2 Å². The van der Waals surface area contributed by atoms with Crippen LogP contribution in [0.2, 0.25) is 0 Å². The molecule has 0 saturated carbocycles. The molecule has 0 radical (unpaired) electrons. The van der Waals surface area contributed by atoms with Crippen molar-refractivity contribution >= 4 is 29.2 Å². The van der Waals surface area contributed by atoms with Crippen molar-refractivity contribution in [3.63, 3.8) is 0 Å². The van der Waals surface area contributed by atoms with Crippen molar-refractivity contribution in [2.24, 2.45) is 0 Å². The molecule has 0 bridgehead atoms. The van der Waals surface area contributed by atoms with Crippen molar-refractivity contribution < 1.29 is 4.92 Å². The van der Waals surface area contributed by atoms with E-state index in [9.17, 15) is 14.9 Å². The number of rotatable bonds is 5. The number of non-ortho nitro benzene ring substituents is 1. The third-order valence-corrected chi connectivity index (χ3v) is 6.31. The van der Waals surface area contributed by atoms with Crippen LogP contribution in [0.1, 0.15) is 11.3 Å². The smallest absolute Gasteiger partial charge is 0.268 e. The number of nitro benzene ring substituents is 1. The molecule has 0 unspecified atom stereocenters. The van der Waals surface area contributed by atoms with Gasteiger partial charge in [-0.25, -0.2) is 4.98 Å². The molecular weight excluding hydrogens is 382 g/mol. The molecule has 0 N–H and O–H groups in total.